The lowest BCUT2D eigenvalue weighted by Crippen LogP contribution is -2.52. The van der Waals surface area contributed by atoms with Crippen LogP contribution in [0.5, 0.6) is 0 Å². The summed E-state index contributed by atoms with van der Waals surface area (Å²) in [6.45, 7) is 2.53. The van der Waals surface area contributed by atoms with E-state index in [-0.39, 0.29) is 17.6 Å². The number of rotatable bonds is 3. The molecule has 1 N–H and O–H groups in total. The van der Waals surface area contributed by atoms with Gasteiger partial charge in [0.05, 0.1) is 11.8 Å². The van der Waals surface area contributed by atoms with Gasteiger partial charge in [-0.15, -0.1) is 0 Å². The lowest BCUT2D eigenvalue weighted by atomic mass is 9.78. The molecule has 5 nitrogen and oxygen atoms in total. The average Bonchev–Trinajstić information content (AvgIpc) is 2.62. The molecule has 2 atom stereocenters. The lowest BCUT2D eigenvalue weighted by Gasteiger charge is -2.39. The Hall–Kier alpha value is -2.11. The first-order valence-electron chi connectivity index (χ1n) is 8.58. The molecule has 1 aliphatic carbocycles. The Bertz CT molecular complexity index is 597. The van der Waals surface area contributed by atoms with E-state index in [0.29, 0.717) is 39.0 Å². The van der Waals surface area contributed by atoms with E-state index in [1.807, 2.05) is 0 Å². The molecule has 130 valence electrons. The Kier molecular flexibility index (Phi) is 5.02. The van der Waals surface area contributed by atoms with Crippen LogP contribution >= 0.6 is 0 Å². The zero-order valence-corrected chi connectivity index (χ0v) is 13.7. The van der Waals surface area contributed by atoms with Crippen LogP contribution in [0, 0.1) is 17.7 Å². The highest BCUT2D eigenvalue weighted by molar-refractivity contribution is 5.85. The van der Waals surface area contributed by atoms with Gasteiger partial charge in [-0.25, -0.2) is 4.39 Å². The van der Waals surface area contributed by atoms with Gasteiger partial charge in [-0.05, 0) is 37.1 Å². The molecule has 0 spiro atoms. The summed E-state index contributed by atoms with van der Waals surface area (Å²) in [6, 6.07) is 6.36. The number of carbonyl (C=O) groups is 2. The maximum Gasteiger partial charge on any atom is 0.307 e. The first-order valence-corrected chi connectivity index (χ1v) is 8.58. The summed E-state index contributed by atoms with van der Waals surface area (Å²) in [4.78, 5) is 28.1. The Morgan fingerprint density at radius 2 is 1.54 bits per heavy atom. The first kappa shape index (κ1) is 16.7. The van der Waals surface area contributed by atoms with Gasteiger partial charge in [0.2, 0.25) is 5.91 Å². The number of hydrogen-bond acceptors (Lipinski definition) is 3. The summed E-state index contributed by atoms with van der Waals surface area (Å²) in [5.41, 5.74) is 0.949. The molecule has 1 saturated heterocycles. The number of carboxylic acid groups (broad SMARTS) is 1. The highest BCUT2D eigenvalue weighted by atomic mass is 19.1. The molecule has 0 radical (unpaired) electrons. The number of aliphatic carboxylic acids is 1. The summed E-state index contributed by atoms with van der Waals surface area (Å²) in [5, 5.41) is 9.36. The van der Waals surface area contributed by atoms with E-state index in [1.165, 1.54) is 12.1 Å². The van der Waals surface area contributed by atoms with Gasteiger partial charge in [0.15, 0.2) is 0 Å². The predicted molar refractivity (Wildman–Crippen MR) is 88.3 cm³/mol. The number of carboxylic acids is 1. The molecular weight excluding hydrogens is 311 g/mol. The van der Waals surface area contributed by atoms with Gasteiger partial charge in [0, 0.05) is 31.9 Å². The van der Waals surface area contributed by atoms with Gasteiger partial charge in [0.1, 0.15) is 5.82 Å². The summed E-state index contributed by atoms with van der Waals surface area (Å²) in [6.07, 6.45) is 3.09. The lowest BCUT2D eigenvalue weighted by molar-refractivity contribution is -0.152. The van der Waals surface area contributed by atoms with Crippen LogP contribution in [0.1, 0.15) is 25.7 Å². The van der Waals surface area contributed by atoms with Crippen molar-refractivity contribution in [1.29, 1.82) is 0 Å². The molecule has 2 fully saturated rings. The number of anilines is 1. The monoisotopic (exact) mass is 334 g/mol. The first-order chi connectivity index (χ1) is 11.6. The van der Waals surface area contributed by atoms with Crippen molar-refractivity contribution in [3.63, 3.8) is 0 Å². The Morgan fingerprint density at radius 1 is 0.958 bits per heavy atom. The molecule has 1 aromatic rings. The van der Waals surface area contributed by atoms with E-state index >= 15 is 0 Å². The third-order valence-corrected chi connectivity index (χ3v) is 5.18. The van der Waals surface area contributed by atoms with Gasteiger partial charge >= 0.3 is 5.97 Å². The summed E-state index contributed by atoms with van der Waals surface area (Å²) < 4.78 is 13.0. The average molecular weight is 334 g/mol. The molecule has 0 unspecified atom stereocenters. The minimum absolute atomic E-state index is 0.0131. The molecule has 0 aromatic heterocycles. The van der Waals surface area contributed by atoms with Crippen LogP contribution in [-0.4, -0.2) is 48.1 Å². The van der Waals surface area contributed by atoms with Crippen molar-refractivity contribution in [2.75, 3.05) is 31.1 Å². The molecule has 1 heterocycles. The zero-order valence-electron chi connectivity index (χ0n) is 13.7. The van der Waals surface area contributed by atoms with Crippen molar-refractivity contribution < 1.29 is 19.1 Å². The molecule has 2 aliphatic rings. The minimum atomic E-state index is -0.849. The molecule has 3 rings (SSSR count). The van der Waals surface area contributed by atoms with Crippen molar-refractivity contribution in [3.05, 3.63) is 30.1 Å². The smallest absolute Gasteiger partial charge is 0.307 e. The maximum absolute atomic E-state index is 13.0. The molecule has 1 aromatic carbocycles. The highest BCUT2D eigenvalue weighted by Crippen LogP contribution is 2.32. The van der Waals surface area contributed by atoms with E-state index in [2.05, 4.69) is 4.90 Å². The Morgan fingerprint density at radius 3 is 2.12 bits per heavy atom. The number of hydrogen-bond donors (Lipinski definition) is 1. The van der Waals surface area contributed by atoms with Gasteiger partial charge < -0.3 is 14.9 Å². The number of amides is 1. The standard InChI is InChI=1S/C18H23FN2O3/c19-13-5-7-14(8-6-13)20-9-11-21(12-10-20)17(22)15-3-1-2-4-16(15)18(23)24/h5-8,15-16H,1-4,9-12H2,(H,23,24)/t15-,16+/m0/s1. The Balaban J connectivity index is 1.60. The van der Waals surface area contributed by atoms with E-state index in [0.717, 1.165) is 18.5 Å². The van der Waals surface area contributed by atoms with Crippen LogP contribution in [0.3, 0.4) is 0 Å². The van der Waals surface area contributed by atoms with Crippen LogP contribution in [0.2, 0.25) is 0 Å². The van der Waals surface area contributed by atoms with Crippen LogP contribution < -0.4 is 4.90 Å². The third-order valence-electron chi connectivity index (χ3n) is 5.18. The van der Waals surface area contributed by atoms with Crippen molar-refractivity contribution >= 4 is 17.6 Å². The molecule has 1 saturated carbocycles. The number of nitrogens with zero attached hydrogens (tertiary/aromatic N) is 2. The summed E-state index contributed by atoms with van der Waals surface area (Å²) in [7, 11) is 0. The minimum Gasteiger partial charge on any atom is -0.481 e. The predicted octanol–water partition coefficient (Wildman–Crippen LogP) is 2.37. The second-order valence-corrected chi connectivity index (χ2v) is 6.62. The number of benzene rings is 1. The van der Waals surface area contributed by atoms with Crippen molar-refractivity contribution in [2.24, 2.45) is 11.8 Å². The Labute approximate surface area is 141 Å². The second-order valence-electron chi connectivity index (χ2n) is 6.62. The van der Waals surface area contributed by atoms with Crippen LogP contribution in [0.15, 0.2) is 24.3 Å². The fourth-order valence-corrected chi connectivity index (χ4v) is 3.79. The van der Waals surface area contributed by atoms with E-state index in [4.69, 9.17) is 0 Å². The fraction of sp³-hybridized carbons (Fsp3) is 0.556. The SMILES string of the molecule is O=C(O)[C@@H]1CCCC[C@@H]1C(=O)N1CCN(c2ccc(F)cc2)CC1. The van der Waals surface area contributed by atoms with Gasteiger partial charge in [-0.2, -0.15) is 0 Å². The van der Waals surface area contributed by atoms with Crippen molar-refractivity contribution in [2.45, 2.75) is 25.7 Å². The number of carbonyl (C=O) groups excluding carboxylic acids is 1. The van der Waals surface area contributed by atoms with Crippen LogP contribution in [0.25, 0.3) is 0 Å². The van der Waals surface area contributed by atoms with Crippen molar-refractivity contribution in [3.8, 4) is 0 Å². The third kappa shape index (κ3) is 3.52. The summed E-state index contributed by atoms with van der Waals surface area (Å²) >= 11 is 0. The fourth-order valence-electron chi connectivity index (χ4n) is 3.79. The van der Waals surface area contributed by atoms with E-state index in [9.17, 15) is 19.1 Å². The molecule has 1 aliphatic heterocycles. The van der Waals surface area contributed by atoms with Crippen LogP contribution in [-0.2, 0) is 9.59 Å². The van der Waals surface area contributed by atoms with E-state index < -0.39 is 11.9 Å². The van der Waals surface area contributed by atoms with E-state index in [1.54, 1.807) is 17.0 Å². The highest BCUT2D eigenvalue weighted by Gasteiger charge is 2.38. The van der Waals surface area contributed by atoms with Gasteiger partial charge in [-0.3, -0.25) is 9.59 Å². The topological polar surface area (TPSA) is 60.9 Å². The largest absolute Gasteiger partial charge is 0.481 e. The molecule has 24 heavy (non-hydrogen) atoms. The molecule has 0 bridgehead atoms. The number of piperazine rings is 1. The zero-order chi connectivity index (χ0) is 17.1. The number of halogens is 1. The van der Waals surface area contributed by atoms with Gasteiger partial charge in [-0.1, -0.05) is 12.8 Å². The summed E-state index contributed by atoms with van der Waals surface area (Å²) in [5.74, 6) is -2.04. The quantitative estimate of drug-likeness (QED) is 0.922. The second kappa shape index (κ2) is 7.20. The maximum atomic E-state index is 13.0. The van der Waals surface area contributed by atoms with Crippen molar-refractivity contribution in [1.82, 2.24) is 4.90 Å². The molecule has 6 heteroatoms. The normalized spacial score (nSPS) is 24.7. The molecular formula is C18H23FN2O3. The van der Waals surface area contributed by atoms with Crippen LogP contribution in [0.4, 0.5) is 10.1 Å². The van der Waals surface area contributed by atoms with Gasteiger partial charge in [0.25, 0.3) is 0 Å². The molecule has 1 amide bonds.